The number of halogens is 2. The second-order valence-corrected chi connectivity index (χ2v) is 5.61. The first-order chi connectivity index (χ1) is 10.1. The molecule has 0 saturated heterocycles. The molecule has 0 fully saturated rings. The predicted molar refractivity (Wildman–Crippen MR) is 82.1 cm³/mol. The van der Waals surface area contributed by atoms with Gasteiger partial charge in [0.15, 0.2) is 0 Å². The lowest BCUT2D eigenvalue weighted by molar-refractivity contribution is 0.403. The maximum Gasteiger partial charge on any atom is 0.134 e. The van der Waals surface area contributed by atoms with E-state index < -0.39 is 17.7 Å². The first-order valence-corrected chi connectivity index (χ1v) is 7.82. The minimum atomic E-state index is -0.590. The summed E-state index contributed by atoms with van der Waals surface area (Å²) in [6.45, 7) is 4.58. The molecule has 2 rings (SSSR count). The maximum atomic E-state index is 14.3. The van der Waals surface area contributed by atoms with Gasteiger partial charge in [-0.15, -0.1) is 11.3 Å². The predicted octanol–water partition coefficient (Wildman–Crippen LogP) is 4.30. The van der Waals surface area contributed by atoms with Crippen molar-refractivity contribution in [3.05, 3.63) is 51.2 Å². The lowest BCUT2D eigenvalue weighted by atomic mass is 10.00. The van der Waals surface area contributed by atoms with Gasteiger partial charge in [0.25, 0.3) is 0 Å². The molecule has 1 heterocycles. The zero-order valence-corrected chi connectivity index (χ0v) is 13.2. The fourth-order valence-electron chi connectivity index (χ4n) is 2.38. The van der Waals surface area contributed by atoms with Gasteiger partial charge < -0.3 is 10.1 Å². The van der Waals surface area contributed by atoms with Gasteiger partial charge in [0.1, 0.15) is 17.4 Å². The minimum absolute atomic E-state index is 0.0507. The maximum absolute atomic E-state index is 14.3. The van der Waals surface area contributed by atoms with Crippen molar-refractivity contribution in [3.63, 3.8) is 0 Å². The molecule has 1 aromatic heterocycles. The van der Waals surface area contributed by atoms with Gasteiger partial charge in [-0.2, -0.15) is 0 Å². The van der Waals surface area contributed by atoms with Crippen molar-refractivity contribution in [3.8, 4) is 5.75 Å². The summed E-state index contributed by atoms with van der Waals surface area (Å²) in [5.74, 6) is -0.993. The molecule has 2 nitrogen and oxygen atoms in total. The Bertz CT molecular complexity index is 589. The molecule has 0 aliphatic rings. The van der Waals surface area contributed by atoms with Crippen LogP contribution in [-0.4, -0.2) is 13.7 Å². The molecule has 0 aliphatic heterocycles. The summed E-state index contributed by atoms with van der Waals surface area (Å²) in [5, 5.41) is 5.14. The minimum Gasteiger partial charge on any atom is -0.497 e. The van der Waals surface area contributed by atoms with Crippen LogP contribution in [0.5, 0.6) is 5.75 Å². The molecular formula is C16H19F2NOS. The molecule has 5 heteroatoms. The van der Waals surface area contributed by atoms with E-state index in [1.165, 1.54) is 30.6 Å². The number of hydrogen-bond acceptors (Lipinski definition) is 3. The van der Waals surface area contributed by atoms with Crippen molar-refractivity contribution in [2.75, 3.05) is 13.7 Å². The average Bonchev–Trinajstić information content (AvgIpc) is 2.93. The van der Waals surface area contributed by atoms with Crippen LogP contribution >= 0.6 is 11.3 Å². The molecular weight excluding hydrogens is 292 g/mol. The van der Waals surface area contributed by atoms with Gasteiger partial charge >= 0.3 is 0 Å². The molecule has 0 bridgehead atoms. The number of hydrogen-bond donors (Lipinski definition) is 1. The lowest BCUT2D eigenvalue weighted by Crippen LogP contribution is -2.24. The summed E-state index contributed by atoms with van der Waals surface area (Å²) >= 11 is 1.52. The fraction of sp³-hybridized carbons (Fsp3) is 0.375. The normalized spacial score (nSPS) is 12.4. The average molecular weight is 311 g/mol. The number of nitrogens with one attached hydrogen (secondary N) is 1. The highest BCUT2D eigenvalue weighted by molar-refractivity contribution is 7.10. The Morgan fingerprint density at radius 3 is 2.43 bits per heavy atom. The first kappa shape index (κ1) is 15.9. The number of methoxy groups -OCH3 is 1. The van der Waals surface area contributed by atoms with E-state index in [-0.39, 0.29) is 11.3 Å². The van der Waals surface area contributed by atoms with Crippen LogP contribution in [0.15, 0.2) is 23.6 Å². The van der Waals surface area contributed by atoms with Gasteiger partial charge in [0.2, 0.25) is 0 Å². The molecule has 0 aliphatic carbocycles. The van der Waals surface area contributed by atoms with Crippen LogP contribution < -0.4 is 10.1 Å². The molecule has 1 aromatic carbocycles. The molecule has 114 valence electrons. The van der Waals surface area contributed by atoms with E-state index in [4.69, 9.17) is 4.74 Å². The van der Waals surface area contributed by atoms with E-state index >= 15 is 0 Å². The van der Waals surface area contributed by atoms with Crippen LogP contribution in [0.3, 0.4) is 0 Å². The van der Waals surface area contributed by atoms with Crippen molar-refractivity contribution in [1.82, 2.24) is 5.32 Å². The van der Waals surface area contributed by atoms with Crippen LogP contribution in [-0.2, 0) is 6.42 Å². The van der Waals surface area contributed by atoms with Crippen LogP contribution in [0, 0.1) is 11.6 Å². The van der Waals surface area contributed by atoms with Gasteiger partial charge in [-0.3, -0.25) is 0 Å². The van der Waals surface area contributed by atoms with Crippen LogP contribution in [0.2, 0.25) is 0 Å². The Kier molecular flexibility index (Phi) is 5.31. The summed E-state index contributed by atoms with van der Waals surface area (Å²) in [6, 6.07) is 3.98. The molecule has 0 amide bonds. The molecule has 2 aromatic rings. The van der Waals surface area contributed by atoms with Crippen molar-refractivity contribution in [1.29, 1.82) is 0 Å². The molecule has 0 spiro atoms. The van der Waals surface area contributed by atoms with Gasteiger partial charge in [-0.05, 0) is 30.0 Å². The fourth-order valence-corrected chi connectivity index (χ4v) is 3.46. The number of benzene rings is 1. The van der Waals surface area contributed by atoms with E-state index in [1.807, 2.05) is 25.3 Å². The van der Waals surface area contributed by atoms with E-state index in [0.717, 1.165) is 16.9 Å². The van der Waals surface area contributed by atoms with E-state index in [2.05, 4.69) is 5.32 Å². The van der Waals surface area contributed by atoms with E-state index in [9.17, 15) is 8.78 Å². The summed E-state index contributed by atoms with van der Waals surface area (Å²) in [5.41, 5.74) is 1.16. The van der Waals surface area contributed by atoms with Crippen molar-refractivity contribution in [2.45, 2.75) is 26.3 Å². The quantitative estimate of drug-likeness (QED) is 0.859. The third-order valence-electron chi connectivity index (χ3n) is 3.41. The van der Waals surface area contributed by atoms with Gasteiger partial charge in [-0.25, -0.2) is 8.78 Å². The second kappa shape index (κ2) is 7.00. The van der Waals surface area contributed by atoms with Crippen LogP contribution in [0.25, 0.3) is 0 Å². The molecule has 1 N–H and O–H groups in total. The smallest absolute Gasteiger partial charge is 0.134 e. The van der Waals surface area contributed by atoms with Crippen molar-refractivity contribution >= 4 is 11.3 Å². The molecule has 0 radical (unpaired) electrons. The SMILES string of the molecule is CCNC(c1sccc1CC)c1c(F)cc(OC)cc1F. The monoisotopic (exact) mass is 311 g/mol. The Hall–Kier alpha value is -1.46. The van der Waals surface area contributed by atoms with E-state index in [0.29, 0.717) is 6.54 Å². The second-order valence-electron chi connectivity index (χ2n) is 4.66. The molecule has 21 heavy (non-hydrogen) atoms. The van der Waals surface area contributed by atoms with Crippen molar-refractivity contribution in [2.24, 2.45) is 0 Å². The van der Waals surface area contributed by atoms with Crippen LogP contribution in [0.4, 0.5) is 8.78 Å². The first-order valence-electron chi connectivity index (χ1n) is 6.94. The lowest BCUT2D eigenvalue weighted by Gasteiger charge is -2.20. The van der Waals surface area contributed by atoms with Gasteiger partial charge in [-0.1, -0.05) is 13.8 Å². The van der Waals surface area contributed by atoms with Gasteiger partial charge in [0, 0.05) is 22.6 Å². The Morgan fingerprint density at radius 1 is 1.24 bits per heavy atom. The Morgan fingerprint density at radius 2 is 1.90 bits per heavy atom. The third kappa shape index (κ3) is 3.24. The Labute approximate surface area is 127 Å². The summed E-state index contributed by atoms with van der Waals surface area (Å²) in [4.78, 5) is 0.960. The zero-order chi connectivity index (χ0) is 15.4. The molecule has 1 atom stereocenters. The highest BCUT2D eigenvalue weighted by atomic mass is 32.1. The van der Waals surface area contributed by atoms with E-state index in [1.54, 1.807) is 0 Å². The number of thiophene rings is 1. The largest absolute Gasteiger partial charge is 0.497 e. The zero-order valence-electron chi connectivity index (χ0n) is 12.4. The Balaban J connectivity index is 2.53. The number of rotatable bonds is 6. The summed E-state index contributed by atoms with van der Waals surface area (Å²) in [7, 11) is 1.39. The van der Waals surface area contributed by atoms with Gasteiger partial charge in [0.05, 0.1) is 13.2 Å². The summed E-state index contributed by atoms with van der Waals surface area (Å²) in [6.07, 6.45) is 0.833. The molecule has 0 saturated carbocycles. The standard InChI is InChI=1S/C16H19F2NOS/c1-4-10-6-7-21-16(10)15(19-5-2)14-12(17)8-11(20-3)9-13(14)18/h6-9,15,19H,4-5H2,1-3H3. The highest BCUT2D eigenvalue weighted by Gasteiger charge is 2.25. The summed E-state index contributed by atoms with van der Waals surface area (Å²) < 4.78 is 33.6. The molecule has 1 unspecified atom stereocenters. The van der Waals surface area contributed by atoms with Crippen molar-refractivity contribution < 1.29 is 13.5 Å². The third-order valence-corrected chi connectivity index (χ3v) is 4.43. The number of aryl methyl sites for hydroxylation is 1. The topological polar surface area (TPSA) is 21.3 Å². The highest BCUT2D eigenvalue weighted by Crippen LogP contribution is 2.34. The van der Waals surface area contributed by atoms with Crippen LogP contribution in [0.1, 0.15) is 35.9 Å². The number of ether oxygens (including phenoxy) is 1.